The summed E-state index contributed by atoms with van der Waals surface area (Å²) >= 11 is 9.23. The molecule has 1 aromatic carbocycles. The topological polar surface area (TPSA) is 76.0 Å². The SMILES string of the molecule is Cn1nccc1CNC(=O)C(=O)Nc1ccc(Br)cc1Cl. The molecule has 0 aliphatic heterocycles. The Hall–Kier alpha value is -1.86. The molecule has 110 valence electrons. The van der Waals surface area contributed by atoms with Crippen LogP contribution in [0.2, 0.25) is 5.02 Å². The quantitative estimate of drug-likeness (QED) is 0.811. The number of hydrogen-bond acceptors (Lipinski definition) is 3. The molecule has 0 bridgehead atoms. The first kappa shape index (κ1) is 15.5. The monoisotopic (exact) mass is 370 g/mol. The Morgan fingerprint density at radius 3 is 2.71 bits per heavy atom. The Morgan fingerprint density at radius 2 is 2.10 bits per heavy atom. The Balaban J connectivity index is 1.93. The van der Waals surface area contributed by atoms with Gasteiger partial charge in [-0.25, -0.2) is 0 Å². The number of carbonyl (C=O) groups is 2. The number of rotatable bonds is 3. The Labute approximate surface area is 134 Å². The summed E-state index contributed by atoms with van der Waals surface area (Å²) in [5.41, 5.74) is 1.17. The van der Waals surface area contributed by atoms with Crippen molar-refractivity contribution in [3.63, 3.8) is 0 Å². The van der Waals surface area contributed by atoms with Crippen LogP contribution in [0.4, 0.5) is 5.69 Å². The molecule has 0 atom stereocenters. The maximum Gasteiger partial charge on any atom is 0.313 e. The summed E-state index contributed by atoms with van der Waals surface area (Å²) in [5, 5.41) is 9.28. The fraction of sp³-hybridized carbons (Fsp3) is 0.154. The summed E-state index contributed by atoms with van der Waals surface area (Å²) in [6.45, 7) is 0.219. The molecule has 2 amide bonds. The minimum atomic E-state index is -0.776. The van der Waals surface area contributed by atoms with E-state index in [1.807, 2.05) is 0 Å². The molecule has 0 spiro atoms. The van der Waals surface area contributed by atoms with Gasteiger partial charge in [0.05, 0.1) is 22.9 Å². The predicted octanol–water partition coefficient (Wildman–Crippen LogP) is 2.09. The lowest BCUT2D eigenvalue weighted by atomic mass is 10.3. The molecule has 0 radical (unpaired) electrons. The third kappa shape index (κ3) is 4.05. The third-order valence-corrected chi connectivity index (χ3v) is 3.54. The lowest BCUT2D eigenvalue weighted by molar-refractivity contribution is -0.136. The smallest absolute Gasteiger partial charge is 0.313 e. The van der Waals surface area contributed by atoms with Gasteiger partial charge in [0.15, 0.2) is 0 Å². The van der Waals surface area contributed by atoms with Crippen molar-refractivity contribution in [3.8, 4) is 0 Å². The van der Waals surface area contributed by atoms with Gasteiger partial charge < -0.3 is 10.6 Å². The van der Waals surface area contributed by atoms with Gasteiger partial charge in [0.25, 0.3) is 0 Å². The molecule has 0 saturated carbocycles. The van der Waals surface area contributed by atoms with E-state index in [1.54, 1.807) is 42.2 Å². The molecule has 21 heavy (non-hydrogen) atoms. The van der Waals surface area contributed by atoms with Crippen LogP contribution in [0.15, 0.2) is 34.9 Å². The highest BCUT2D eigenvalue weighted by Gasteiger charge is 2.15. The maximum atomic E-state index is 11.8. The number of aromatic nitrogens is 2. The van der Waals surface area contributed by atoms with Crippen molar-refractivity contribution in [2.45, 2.75) is 6.54 Å². The van der Waals surface area contributed by atoms with Crippen LogP contribution in [-0.2, 0) is 23.2 Å². The molecule has 8 heteroatoms. The van der Waals surface area contributed by atoms with Crippen molar-refractivity contribution in [2.75, 3.05) is 5.32 Å². The Morgan fingerprint density at radius 1 is 1.33 bits per heavy atom. The molecular formula is C13H12BrClN4O2. The number of benzene rings is 1. The van der Waals surface area contributed by atoms with Crippen molar-refractivity contribution >= 4 is 45.0 Å². The predicted molar refractivity (Wildman–Crippen MR) is 82.8 cm³/mol. The zero-order valence-electron chi connectivity index (χ0n) is 11.1. The van der Waals surface area contributed by atoms with Crippen LogP contribution in [0.25, 0.3) is 0 Å². The number of nitrogens with one attached hydrogen (secondary N) is 2. The number of amides is 2. The fourth-order valence-corrected chi connectivity index (χ4v) is 2.32. The minimum Gasteiger partial charge on any atom is -0.342 e. The zero-order valence-corrected chi connectivity index (χ0v) is 13.4. The lowest BCUT2D eigenvalue weighted by Crippen LogP contribution is -2.35. The second kappa shape index (κ2) is 6.73. The molecule has 0 fully saturated rings. The summed E-state index contributed by atoms with van der Waals surface area (Å²) in [6, 6.07) is 6.71. The van der Waals surface area contributed by atoms with Gasteiger partial charge in [0.2, 0.25) is 0 Å². The van der Waals surface area contributed by atoms with E-state index in [2.05, 4.69) is 31.7 Å². The van der Waals surface area contributed by atoms with E-state index >= 15 is 0 Å². The molecule has 2 rings (SSSR count). The van der Waals surface area contributed by atoms with Gasteiger partial charge in [-0.1, -0.05) is 27.5 Å². The van der Waals surface area contributed by atoms with Crippen LogP contribution < -0.4 is 10.6 Å². The van der Waals surface area contributed by atoms with Crippen LogP contribution >= 0.6 is 27.5 Å². The van der Waals surface area contributed by atoms with Gasteiger partial charge >= 0.3 is 11.8 Å². The summed E-state index contributed by atoms with van der Waals surface area (Å²) in [6.07, 6.45) is 1.61. The largest absolute Gasteiger partial charge is 0.342 e. The number of hydrogen-bond donors (Lipinski definition) is 2. The first-order valence-corrected chi connectivity index (χ1v) is 7.15. The highest BCUT2D eigenvalue weighted by atomic mass is 79.9. The van der Waals surface area contributed by atoms with Gasteiger partial charge in [0, 0.05) is 17.7 Å². The van der Waals surface area contributed by atoms with E-state index in [1.165, 1.54) is 0 Å². The molecule has 2 aromatic rings. The van der Waals surface area contributed by atoms with Gasteiger partial charge in [-0.3, -0.25) is 14.3 Å². The van der Waals surface area contributed by atoms with Crippen LogP contribution in [0, 0.1) is 0 Å². The van der Waals surface area contributed by atoms with Crippen LogP contribution in [0.5, 0.6) is 0 Å². The molecule has 6 nitrogen and oxygen atoms in total. The molecule has 0 aliphatic rings. The molecule has 2 N–H and O–H groups in total. The van der Waals surface area contributed by atoms with Gasteiger partial charge in [0.1, 0.15) is 0 Å². The number of halogens is 2. The lowest BCUT2D eigenvalue weighted by Gasteiger charge is -2.08. The average molecular weight is 372 g/mol. The number of aryl methyl sites for hydroxylation is 1. The summed E-state index contributed by atoms with van der Waals surface area (Å²) in [7, 11) is 1.75. The van der Waals surface area contributed by atoms with Gasteiger partial charge in [-0.2, -0.15) is 5.10 Å². The molecule has 0 unspecified atom stereocenters. The van der Waals surface area contributed by atoms with Gasteiger partial charge in [-0.15, -0.1) is 0 Å². The van der Waals surface area contributed by atoms with E-state index in [0.717, 1.165) is 10.2 Å². The number of nitrogens with zero attached hydrogens (tertiary/aromatic N) is 2. The summed E-state index contributed by atoms with van der Waals surface area (Å²) in [4.78, 5) is 23.5. The standard InChI is InChI=1S/C13H12BrClN4O2/c1-19-9(4-5-17-19)7-16-12(20)13(21)18-11-3-2-8(14)6-10(11)15/h2-6H,7H2,1H3,(H,16,20)(H,18,21). The van der Waals surface area contributed by atoms with E-state index < -0.39 is 11.8 Å². The zero-order chi connectivity index (χ0) is 15.4. The molecule has 1 aromatic heterocycles. The van der Waals surface area contributed by atoms with E-state index in [9.17, 15) is 9.59 Å². The highest BCUT2D eigenvalue weighted by molar-refractivity contribution is 9.10. The van der Waals surface area contributed by atoms with E-state index in [0.29, 0.717) is 10.7 Å². The van der Waals surface area contributed by atoms with Crippen molar-refractivity contribution in [3.05, 3.63) is 45.7 Å². The Bertz CT molecular complexity index is 687. The molecule has 0 aliphatic carbocycles. The third-order valence-electron chi connectivity index (χ3n) is 2.74. The van der Waals surface area contributed by atoms with Crippen molar-refractivity contribution in [2.24, 2.45) is 7.05 Å². The molecule has 1 heterocycles. The molecular weight excluding hydrogens is 360 g/mol. The summed E-state index contributed by atoms with van der Waals surface area (Å²) in [5.74, 6) is -1.52. The normalized spacial score (nSPS) is 10.2. The summed E-state index contributed by atoms with van der Waals surface area (Å²) < 4.78 is 2.40. The second-order valence-electron chi connectivity index (χ2n) is 4.21. The minimum absolute atomic E-state index is 0.219. The second-order valence-corrected chi connectivity index (χ2v) is 5.53. The maximum absolute atomic E-state index is 11.8. The van der Waals surface area contributed by atoms with Gasteiger partial charge in [-0.05, 0) is 24.3 Å². The number of carbonyl (C=O) groups excluding carboxylic acids is 2. The average Bonchev–Trinajstić information content (AvgIpc) is 2.84. The number of anilines is 1. The highest BCUT2D eigenvalue weighted by Crippen LogP contribution is 2.25. The fourth-order valence-electron chi connectivity index (χ4n) is 1.60. The van der Waals surface area contributed by atoms with Crippen molar-refractivity contribution in [1.82, 2.24) is 15.1 Å². The van der Waals surface area contributed by atoms with Crippen LogP contribution in [0.3, 0.4) is 0 Å². The van der Waals surface area contributed by atoms with Crippen molar-refractivity contribution < 1.29 is 9.59 Å². The van der Waals surface area contributed by atoms with Crippen molar-refractivity contribution in [1.29, 1.82) is 0 Å². The Kier molecular flexibility index (Phi) is 4.98. The first-order chi connectivity index (χ1) is 9.97. The van der Waals surface area contributed by atoms with Crippen LogP contribution in [-0.4, -0.2) is 21.6 Å². The van der Waals surface area contributed by atoms with E-state index in [4.69, 9.17) is 11.6 Å². The first-order valence-electron chi connectivity index (χ1n) is 5.98. The van der Waals surface area contributed by atoms with E-state index in [-0.39, 0.29) is 6.54 Å². The van der Waals surface area contributed by atoms with Crippen LogP contribution in [0.1, 0.15) is 5.69 Å². The molecule has 0 saturated heterocycles.